The van der Waals surface area contributed by atoms with E-state index < -0.39 is 0 Å². The minimum Gasteiger partial charge on any atom is -0.497 e. The van der Waals surface area contributed by atoms with Crippen LogP contribution in [0.15, 0.2) is 35.7 Å². The predicted molar refractivity (Wildman–Crippen MR) is 110 cm³/mol. The molecule has 6 nitrogen and oxygen atoms in total. The van der Waals surface area contributed by atoms with Gasteiger partial charge in [0.2, 0.25) is 5.91 Å². The molecule has 0 fully saturated rings. The van der Waals surface area contributed by atoms with Crippen LogP contribution in [0.3, 0.4) is 0 Å². The number of benzene rings is 1. The summed E-state index contributed by atoms with van der Waals surface area (Å²) < 4.78 is 11.3. The van der Waals surface area contributed by atoms with E-state index in [1.807, 2.05) is 41.1 Å². The summed E-state index contributed by atoms with van der Waals surface area (Å²) in [6.45, 7) is 2.28. The number of methoxy groups -OCH3 is 1. The summed E-state index contributed by atoms with van der Waals surface area (Å²) in [6.07, 6.45) is 1.55. The van der Waals surface area contributed by atoms with Gasteiger partial charge in [-0.1, -0.05) is 6.07 Å². The molecule has 2 aromatic rings. The molecular weight excluding hydrogens is 376 g/mol. The third-order valence-corrected chi connectivity index (χ3v) is 5.96. The first kappa shape index (κ1) is 20.6. The highest BCUT2D eigenvalue weighted by atomic mass is 32.1. The van der Waals surface area contributed by atoms with Gasteiger partial charge in [0.05, 0.1) is 19.7 Å². The normalized spacial score (nSPS) is 16.1. The standard InChI is InChI=1S/C21H28N2O4S/c1-22(9-4-11-24)14-21(25)23-10-7-20-18(8-12-28-20)19(23)15-27-17-6-3-5-16(13-17)26-2/h3,5-6,8,12-13,19,24H,4,7,9-11,14-15H2,1-2H3. The first-order valence-corrected chi connectivity index (χ1v) is 10.4. The summed E-state index contributed by atoms with van der Waals surface area (Å²) in [5, 5.41) is 11.1. The highest BCUT2D eigenvalue weighted by molar-refractivity contribution is 7.10. The number of hydrogen-bond donors (Lipinski definition) is 1. The zero-order valence-electron chi connectivity index (χ0n) is 16.5. The van der Waals surface area contributed by atoms with Crippen LogP contribution in [0, 0.1) is 0 Å². The van der Waals surface area contributed by atoms with Crippen LogP contribution in [0.5, 0.6) is 11.5 Å². The third kappa shape index (κ3) is 5.04. The van der Waals surface area contributed by atoms with Crippen LogP contribution in [0.1, 0.15) is 22.9 Å². The van der Waals surface area contributed by atoms with Gasteiger partial charge in [-0.15, -0.1) is 11.3 Å². The van der Waals surface area contributed by atoms with Gasteiger partial charge in [0.15, 0.2) is 0 Å². The Balaban J connectivity index is 1.71. The molecule has 0 bridgehead atoms. The molecule has 0 spiro atoms. The second-order valence-electron chi connectivity index (χ2n) is 6.96. The number of carbonyl (C=O) groups excluding carboxylic acids is 1. The summed E-state index contributed by atoms with van der Waals surface area (Å²) in [7, 11) is 3.54. The van der Waals surface area contributed by atoms with Crippen molar-refractivity contribution in [3.05, 3.63) is 46.2 Å². The van der Waals surface area contributed by atoms with Gasteiger partial charge in [0, 0.05) is 30.6 Å². The Morgan fingerprint density at radius 3 is 2.96 bits per heavy atom. The van der Waals surface area contributed by atoms with Crippen molar-refractivity contribution in [2.75, 3.05) is 47.0 Å². The minimum absolute atomic E-state index is 0.0940. The lowest BCUT2D eigenvalue weighted by Crippen LogP contribution is -2.46. The van der Waals surface area contributed by atoms with Crippen molar-refractivity contribution in [2.45, 2.75) is 18.9 Å². The minimum atomic E-state index is -0.0973. The lowest BCUT2D eigenvalue weighted by molar-refractivity contribution is -0.135. The molecule has 0 saturated heterocycles. The SMILES string of the molecule is COc1cccc(OCC2c3ccsc3CCN2C(=O)CN(C)CCCO)c1. The number of amides is 1. The molecule has 1 unspecified atom stereocenters. The van der Waals surface area contributed by atoms with Gasteiger partial charge in [-0.05, 0) is 49.0 Å². The van der Waals surface area contributed by atoms with E-state index in [1.54, 1.807) is 18.4 Å². The van der Waals surface area contributed by atoms with Gasteiger partial charge in [-0.2, -0.15) is 0 Å². The summed E-state index contributed by atoms with van der Waals surface area (Å²) in [5.74, 6) is 1.57. The van der Waals surface area contributed by atoms with E-state index in [0.29, 0.717) is 32.7 Å². The molecule has 0 saturated carbocycles. The van der Waals surface area contributed by atoms with Gasteiger partial charge < -0.3 is 19.5 Å². The fraction of sp³-hybridized carbons (Fsp3) is 0.476. The quantitative estimate of drug-likeness (QED) is 0.696. The van der Waals surface area contributed by atoms with Crippen LogP contribution < -0.4 is 9.47 Å². The number of carbonyl (C=O) groups is 1. The predicted octanol–water partition coefficient (Wildman–Crippen LogP) is 2.58. The van der Waals surface area contributed by atoms with Crippen molar-refractivity contribution < 1.29 is 19.4 Å². The van der Waals surface area contributed by atoms with Crippen LogP contribution >= 0.6 is 11.3 Å². The van der Waals surface area contributed by atoms with Crippen LogP contribution in [0.25, 0.3) is 0 Å². The highest BCUT2D eigenvalue weighted by Gasteiger charge is 2.32. The molecule has 1 aromatic heterocycles. The topological polar surface area (TPSA) is 62.2 Å². The summed E-state index contributed by atoms with van der Waals surface area (Å²) in [4.78, 5) is 18.2. The maximum atomic E-state index is 13.0. The molecule has 1 aliphatic heterocycles. The summed E-state index contributed by atoms with van der Waals surface area (Å²) >= 11 is 1.74. The number of hydrogen-bond acceptors (Lipinski definition) is 6. The summed E-state index contributed by atoms with van der Waals surface area (Å²) in [5.41, 5.74) is 1.19. The zero-order chi connectivity index (χ0) is 19.9. The third-order valence-electron chi connectivity index (χ3n) is 4.97. The lowest BCUT2D eigenvalue weighted by atomic mass is 10.0. The number of ether oxygens (including phenoxy) is 2. The number of nitrogens with zero attached hydrogens (tertiary/aromatic N) is 2. The number of aliphatic hydroxyl groups is 1. The molecule has 1 aromatic carbocycles. The molecular formula is C21H28N2O4S. The largest absolute Gasteiger partial charge is 0.497 e. The van der Waals surface area contributed by atoms with E-state index in [0.717, 1.165) is 17.9 Å². The summed E-state index contributed by atoms with van der Waals surface area (Å²) in [6, 6.07) is 9.53. The van der Waals surface area contributed by atoms with Crippen molar-refractivity contribution in [3.8, 4) is 11.5 Å². The van der Waals surface area contributed by atoms with Crippen LogP contribution in [0.2, 0.25) is 0 Å². The molecule has 1 atom stereocenters. The molecule has 1 amide bonds. The van der Waals surface area contributed by atoms with Crippen molar-refractivity contribution in [2.24, 2.45) is 0 Å². The first-order chi connectivity index (χ1) is 13.6. The van der Waals surface area contributed by atoms with Gasteiger partial charge >= 0.3 is 0 Å². The van der Waals surface area contributed by atoms with E-state index >= 15 is 0 Å². The zero-order valence-corrected chi connectivity index (χ0v) is 17.3. The average molecular weight is 405 g/mol. The van der Waals surface area contributed by atoms with Crippen molar-refractivity contribution in [1.82, 2.24) is 9.80 Å². The molecule has 7 heteroatoms. The molecule has 1 N–H and O–H groups in total. The van der Waals surface area contributed by atoms with Crippen molar-refractivity contribution in [3.63, 3.8) is 0 Å². The second kappa shape index (κ2) is 9.91. The maximum absolute atomic E-state index is 13.0. The highest BCUT2D eigenvalue weighted by Crippen LogP contribution is 2.34. The van der Waals surface area contributed by atoms with Gasteiger partial charge in [0.25, 0.3) is 0 Å². The van der Waals surface area contributed by atoms with Gasteiger partial charge in [-0.25, -0.2) is 0 Å². The van der Waals surface area contributed by atoms with Crippen LogP contribution in [-0.2, 0) is 11.2 Å². The second-order valence-corrected chi connectivity index (χ2v) is 7.96. The molecule has 3 rings (SSSR count). The number of rotatable bonds is 9. The van der Waals surface area contributed by atoms with E-state index in [2.05, 4.69) is 11.4 Å². The molecule has 28 heavy (non-hydrogen) atoms. The molecule has 152 valence electrons. The molecule has 2 heterocycles. The Morgan fingerprint density at radius 1 is 1.36 bits per heavy atom. The molecule has 1 aliphatic rings. The van der Waals surface area contributed by atoms with Crippen LogP contribution in [-0.4, -0.2) is 67.8 Å². The van der Waals surface area contributed by atoms with E-state index in [4.69, 9.17) is 14.6 Å². The Hall–Kier alpha value is -2.09. The Kier molecular flexibility index (Phi) is 7.30. The number of aliphatic hydroxyl groups excluding tert-OH is 1. The fourth-order valence-electron chi connectivity index (χ4n) is 3.48. The Morgan fingerprint density at radius 2 is 2.18 bits per heavy atom. The Bertz CT molecular complexity index is 779. The number of likely N-dealkylation sites (N-methyl/N-ethyl adjacent to an activating group) is 1. The van der Waals surface area contributed by atoms with E-state index in [9.17, 15) is 4.79 Å². The van der Waals surface area contributed by atoms with Crippen molar-refractivity contribution >= 4 is 17.2 Å². The van der Waals surface area contributed by atoms with Crippen LogP contribution in [0.4, 0.5) is 0 Å². The smallest absolute Gasteiger partial charge is 0.237 e. The molecule has 0 aliphatic carbocycles. The average Bonchev–Trinajstić information content (AvgIpc) is 3.19. The van der Waals surface area contributed by atoms with E-state index in [1.165, 1.54) is 10.4 Å². The van der Waals surface area contributed by atoms with E-state index in [-0.39, 0.29) is 18.6 Å². The monoisotopic (exact) mass is 404 g/mol. The van der Waals surface area contributed by atoms with Crippen molar-refractivity contribution in [1.29, 1.82) is 0 Å². The number of fused-ring (bicyclic) bond motifs is 1. The number of thiophene rings is 1. The lowest BCUT2D eigenvalue weighted by Gasteiger charge is -2.36. The fourth-order valence-corrected chi connectivity index (χ4v) is 4.41. The molecule has 0 radical (unpaired) electrons. The van der Waals surface area contributed by atoms with Gasteiger partial charge in [0.1, 0.15) is 18.1 Å². The van der Waals surface area contributed by atoms with Gasteiger partial charge in [-0.3, -0.25) is 9.69 Å². The first-order valence-electron chi connectivity index (χ1n) is 9.54. The maximum Gasteiger partial charge on any atom is 0.237 e. The Labute approximate surface area is 170 Å².